The molecule has 4 aliphatic heterocycles. The van der Waals surface area contributed by atoms with Crippen LogP contribution in [0.3, 0.4) is 0 Å². The van der Waals surface area contributed by atoms with Crippen LogP contribution in [-0.4, -0.2) is 46.4 Å². The van der Waals surface area contributed by atoms with Gasteiger partial charge in [0, 0.05) is 44.1 Å². The largest absolute Gasteiger partial charge is 0.354 e. The molecule has 0 unspecified atom stereocenters. The molecule has 2 fully saturated rings. The van der Waals surface area contributed by atoms with E-state index in [2.05, 4.69) is 154 Å². The summed E-state index contributed by atoms with van der Waals surface area (Å²) in [5.74, 6) is 0. The number of aryl methyl sites for hydroxylation is 4. The number of benzene rings is 2. The Balaban J connectivity index is 1.37. The molecule has 2 aromatic carbocycles. The van der Waals surface area contributed by atoms with E-state index in [0.717, 1.165) is 124 Å². The van der Waals surface area contributed by atoms with E-state index in [1.165, 1.54) is 127 Å². The number of aromatic nitrogens is 4. The van der Waals surface area contributed by atoms with Gasteiger partial charge in [0.25, 0.3) is 0 Å². The minimum atomic E-state index is -0.394. The number of unbranched alkanes of at least 4 members (excludes halogenated alkanes) is 12. The zero-order chi connectivity index (χ0) is 56.6. The number of nitrogens with one attached hydrogen (secondary N) is 2. The number of allylic oxidation sites excluding steroid dienone is 4. The Morgan fingerprint density at radius 1 is 0.438 bits per heavy atom. The molecule has 0 radical (unpaired) electrons. The maximum atomic E-state index is 6.35. The molecule has 0 spiro atoms. The quantitative estimate of drug-likeness (QED) is 0.0598. The zero-order valence-corrected chi connectivity index (χ0v) is 51.4. The molecular weight excluding hydrogens is 985 g/mol. The SMILES string of the molecule is CCCCCCC1=C(C)c2nc1cc1[nH]c(c(C)c1CCCCCC)c(-c1ccc(C3OCC(C)(C)CO3)cc1)c1[nH]c(cc3nc(c2-c2ccc(C4OCC(C)(C)CO4)cc2)C(C)=C3CCCCCC)c(CCCCCC)c1C. The van der Waals surface area contributed by atoms with Gasteiger partial charge in [-0.25, -0.2) is 9.97 Å². The Hall–Kier alpha value is -5.12. The van der Waals surface area contributed by atoms with Gasteiger partial charge in [-0.1, -0.05) is 181 Å². The molecule has 0 aliphatic carbocycles. The van der Waals surface area contributed by atoms with Crippen LogP contribution < -0.4 is 0 Å². The summed E-state index contributed by atoms with van der Waals surface area (Å²) in [6.45, 7) is 30.1. The smallest absolute Gasteiger partial charge is 0.183 e. The van der Waals surface area contributed by atoms with Crippen LogP contribution >= 0.6 is 0 Å². The van der Waals surface area contributed by atoms with Crippen molar-refractivity contribution >= 4 is 44.4 Å². The van der Waals surface area contributed by atoms with Crippen molar-refractivity contribution in [1.82, 2.24) is 19.9 Å². The first-order valence-corrected chi connectivity index (χ1v) is 31.5. The third-order valence-corrected chi connectivity index (χ3v) is 17.6. The number of nitrogens with zero attached hydrogens (tertiary/aromatic N) is 2. The van der Waals surface area contributed by atoms with E-state index < -0.39 is 6.29 Å². The fraction of sp³-hybridized carbons (Fsp3) is 0.556. The molecule has 2 N–H and O–H groups in total. The van der Waals surface area contributed by atoms with E-state index in [0.29, 0.717) is 26.4 Å². The molecule has 8 nitrogen and oxygen atoms in total. The lowest BCUT2D eigenvalue weighted by molar-refractivity contribution is -0.226. The number of hydrogen-bond acceptors (Lipinski definition) is 6. The summed E-state index contributed by atoms with van der Waals surface area (Å²) in [7, 11) is 0. The highest BCUT2D eigenvalue weighted by Crippen LogP contribution is 2.46. The highest BCUT2D eigenvalue weighted by Gasteiger charge is 2.32. The Kier molecular flexibility index (Phi) is 20.0. The van der Waals surface area contributed by atoms with Crippen molar-refractivity contribution in [3.8, 4) is 22.3 Å². The molecule has 9 rings (SSSR count). The fourth-order valence-corrected chi connectivity index (χ4v) is 12.6. The minimum Gasteiger partial charge on any atom is -0.354 e. The van der Waals surface area contributed by atoms with Crippen LogP contribution in [0.5, 0.6) is 0 Å². The van der Waals surface area contributed by atoms with Crippen molar-refractivity contribution in [2.45, 2.75) is 224 Å². The molecule has 3 aromatic heterocycles. The molecular formula is C72H98N4O4. The lowest BCUT2D eigenvalue weighted by Gasteiger charge is -2.34. The van der Waals surface area contributed by atoms with Crippen molar-refractivity contribution in [2.24, 2.45) is 10.8 Å². The number of hydrogen-bond donors (Lipinski definition) is 2. The van der Waals surface area contributed by atoms with Gasteiger partial charge in [0.05, 0.1) is 60.2 Å². The van der Waals surface area contributed by atoms with E-state index >= 15 is 0 Å². The number of H-pyrrole nitrogens is 2. The highest BCUT2D eigenvalue weighted by molar-refractivity contribution is 6.03. The van der Waals surface area contributed by atoms with E-state index in [-0.39, 0.29) is 17.1 Å². The molecule has 7 heterocycles. The lowest BCUT2D eigenvalue weighted by atomic mass is 9.91. The predicted molar refractivity (Wildman–Crippen MR) is 336 cm³/mol. The van der Waals surface area contributed by atoms with Crippen LogP contribution in [0.2, 0.25) is 0 Å². The third-order valence-electron chi connectivity index (χ3n) is 17.6. The standard InChI is InChI=1S/C72H98N4O4/c1-13-17-21-25-29-55-47(5)65-63(51-33-37-53(38-34-51)69-77-43-71(9,10)44-78-69)66-49(7)57(31-27-23-19-15-3)61(75-66)42-62-58(32-28-24-20-16-4)50(8)68(76-62)64(52-35-39-54(40-36-52)70-79-45-72(11,12)46-80-70)67-48(6)56(30-26-22-18-14-2)60(74-67)41-59(55)73-65/h33-42,69-70,73,75H,13-32,43-46H2,1-12H3. The van der Waals surface area contributed by atoms with Crippen LogP contribution in [0.4, 0.5) is 0 Å². The third kappa shape index (κ3) is 13.5. The summed E-state index contributed by atoms with van der Waals surface area (Å²) in [6.07, 6.45) is 22.2. The summed E-state index contributed by atoms with van der Waals surface area (Å²) in [4.78, 5) is 20.3. The second-order valence-corrected chi connectivity index (χ2v) is 25.7. The molecule has 8 heteroatoms. The Bertz CT molecular complexity index is 3010. The Morgan fingerprint density at radius 3 is 1.12 bits per heavy atom. The van der Waals surface area contributed by atoms with Gasteiger partial charge in [0.2, 0.25) is 0 Å². The minimum absolute atomic E-state index is 0.00842. The van der Waals surface area contributed by atoms with Crippen molar-refractivity contribution in [3.05, 3.63) is 117 Å². The van der Waals surface area contributed by atoms with Gasteiger partial charge < -0.3 is 28.9 Å². The van der Waals surface area contributed by atoms with Crippen LogP contribution in [0, 0.1) is 24.7 Å². The first-order valence-electron chi connectivity index (χ1n) is 31.5. The molecule has 0 saturated carbocycles. The van der Waals surface area contributed by atoms with E-state index in [9.17, 15) is 0 Å². The maximum Gasteiger partial charge on any atom is 0.183 e. The topological polar surface area (TPSA) is 94.3 Å². The average Bonchev–Trinajstić information content (AvgIpc) is 4.13. The lowest BCUT2D eigenvalue weighted by Crippen LogP contribution is -2.33. The summed E-state index contributed by atoms with van der Waals surface area (Å²) >= 11 is 0. The number of rotatable bonds is 24. The highest BCUT2D eigenvalue weighted by atomic mass is 16.7. The summed E-state index contributed by atoms with van der Waals surface area (Å²) < 4.78 is 25.4. The second kappa shape index (κ2) is 26.9. The van der Waals surface area contributed by atoms with E-state index in [1.807, 2.05) is 0 Å². The molecule has 0 atom stereocenters. The van der Waals surface area contributed by atoms with Gasteiger partial charge in [-0.15, -0.1) is 0 Å². The second-order valence-electron chi connectivity index (χ2n) is 25.7. The number of aromatic amines is 2. The predicted octanol–water partition coefficient (Wildman–Crippen LogP) is 20.5. The summed E-state index contributed by atoms with van der Waals surface area (Å²) in [5, 5.41) is 0. The summed E-state index contributed by atoms with van der Waals surface area (Å²) in [6, 6.07) is 22.9. The van der Waals surface area contributed by atoms with Crippen LogP contribution in [0.25, 0.3) is 66.6 Å². The van der Waals surface area contributed by atoms with E-state index in [4.69, 9.17) is 28.9 Å². The van der Waals surface area contributed by atoms with Gasteiger partial charge in [-0.05, 0) is 147 Å². The van der Waals surface area contributed by atoms with Crippen LogP contribution in [-0.2, 0) is 31.8 Å². The van der Waals surface area contributed by atoms with Crippen LogP contribution in [0.1, 0.15) is 254 Å². The van der Waals surface area contributed by atoms with Gasteiger partial charge in [-0.2, -0.15) is 0 Å². The monoisotopic (exact) mass is 1080 g/mol. The first-order chi connectivity index (χ1) is 38.6. The molecule has 430 valence electrons. The molecule has 4 aliphatic rings. The molecule has 2 saturated heterocycles. The maximum absolute atomic E-state index is 6.35. The summed E-state index contributed by atoms with van der Waals surface area (Å²) in [5.41, 5.74) is 26.1. The van der Waals surface area contributed by atoms with Crippen molar-refractivity contribution in [1.29, 1.82) is 0 Å². The fourth-order valence-electron chi connectivity index (χ4n) is 12.6. The molecule has 5 aromatic rings. The first kappa shape index (κ1) is 59.5. The molecule has 0 amide bonds. The van der Waals surface area contributed by atoms with Gasteiger partial charge in [0.1, 0.15) is 0 Å². The van der Waals surface area contributed by atoms with E-state index in [1.54, 1.807) is 0 Å². The van der Waals surface area contributed by atoms with Gasteiger partial charge >= 0.3 is 0 Å². The normalized spacial score (nSPS) is 16.9. The number of ether oxygens (including phenoxy) is 4. The molecule has 80 heavy (non-hydrogen) atoms. The Morgan fingerprint density at radius 2 is 0.775 bits per heavy atom. The number of fused-ring (bicyclic) bond motifs is 8. The Labute approximate surface area is 481 Å². The average molecular weight is 1080 g/mol. The van der Waals surface area contributed by atoms with Crippen molar-refractivity contribution in [2.75, 3.05) is 26.4 Å². The zero-order valence-electron chi connectivity index (χ0n) is 51.4. The van der Waals surface area contributed by atoms with Gasteiger partial charge in [0.15, 0.2) is 12.6 Å². The van der Waals surface area contributed by atoms with Crippen molar-refractivity contribution < 1.29 is 18.9 Å². The van der Waals surface area contributed by atoms with Gasteiger partial charge in [-0.3, -0.25) is 0 Å². The van der Waals surface area contributed by atoms with Crippen LogP contribution in [0.15, 0.2) is 60.7 Å². The molecule has 8 bridgehead atoms. The van der Waals surface area contributed by atoms with Crippen molar-refractivity contribution in [3.63, 3.8) is 0 Å².